The Kier molecular flexibility index (Phi) is 4.28. The van der Waals surface area contributed by atoms with Crippen LogP contribution < -0.4 is 5.32 Å². The van der Waals surface area contributed by atoms with Crippen molar-refractivity contribution in [2.75, 3.05) is 11.2 Å². The Labute approximate surface area is 143 Å². The van der Waals surface area contributed by atoms with E-state index in [0.717, 1.165) is 16.8 Å². The Morgan fingerprint density at radius 1 is 1.22 bits per heavy atom. The first-order chi connectivity index (χ1) is 11.0. The zero-order valence-electron chi connectivity index (χ0n) is 12.1. The number of halogens is 2. The van der Waals surface area contributed by atoms with Crippen LogP contribution in [0.25, 0.3) is 0 Å². The van der Waals surface area contributed by atoms with Crippen LogP contribution in [0, 0.1) is 0 Å². The number of aliphatic imine (C=N–C) groups is 1. The van der Waals surface area contributed by atoms with E-state index in [9.17, 15) is 9.90 Å². The van der Waals surface area contributed by atoms with Gasteiger partial charge in [-0.25, -0.2) is 0 Å². The van der Waals surface area contributed by atoms with Gasteiger partial charge in [-0.15, -0.1) is 11.6 Å². The molecule has 1 unspecified atom stereocenters. The van der Waals surface area contributed by atoms with Crippen molar-refractivity contribution in [2.45, 2.75) is 12.1 Å². The number of carboxylic acid groups (broad SMARTS) is 1. The maximum Gasteiger partial charge on any atom is 0.307 e. The van der Waals surface area contributed by atoms with Crippen LogP contribution >= 0.6 is 23.2 Å². The number of carboxylic acids is 1. The highest BCUT2D eigenvalue weighted by Gasteiger charge is 2.36. The van der Waals surface area contributed by atoms with E-state index in [1.54, 1.807) is 6.07 Å². The molecule has 118 valence electrons. The number of carbonyl (C=O) groups is 1. The molecule has 0 amide bonds. The highest BCUT2D eigenvalue weighted by molar-refractivity contribution is 6.31. The van der Waals surface area contributed by atoms with Crippen LogP contribution in [0.1, 0.15) is 17.5 Å². The van der Waals surface area contributed by atoms with Gasteiger partial charge in [0.05, 0.1) is 18.0 Å². The van der Waals surface area contributed by atoms with Gasteiger partial charge in [-0.2, -0.15) is 0 Å². The molecule has 2 N–H and O–H groups in total. The standard InChI is InChI=1S/C17H14Cl2N2O2/c18-10-17(9-15(22)23)20-14-7-6-12(19)8-13(14)16(21-17)11-4-2-1-3-5-11/h1-8,20H,9-10H2,(H,22,23). The molecule has 23 heavy (non-hydrogen) atoms. The van der Waals surface area contributed by atoms with Gasteiger partial charge in [0.2, 0.25) is 0 Å². The van der Waals surface area contributed by atoms with Crippen molar-refractivity contribution >= 4 is 40.6 Å². The molecule has 1 heterocycles. The van der Waals surface area contributed by atoms with Gasteiger partial charge in [-0.3, -0.25) is 9.79 Å². The fourth-order valence-electron chi connectivity index (χ4n) is 2.63. The molecule has 0 saturated heterocycles. The van der Waals surface area contributed by atoms with E-state index >= 15 is 0 Å². The van der Waals surface area contributed by atoms with E-state index in [-0.39, 0.29) is 12.3 Å². The van der Waals surface area contributed by atoms with Gasteiger partial charge in [-0.1, -0.05) is 41.9 Å². The third-order valence-corrected chi connectivity index (χ3v) is 4.32. The number of benzene rings is 2. The van der Waals surface area contributed by atoms with Crippen molar-refractivity contribution in [2.24, 2.45) is 4.99 Å². The van der Waals surface area contributed by atoms with Crippen molar-refractivity contribution in [3.05, 3.63) is 64.7 Å². The third-order valence-electron chi connectivity index (χ3n) is 3.64. The minimum Gasteiger partial charge on any atom is -0.481 e. The molecule has 2 aromatic rings. The molecule has 0 fully saturated rings. The van der Waals surface area contributed by atoms with Gasteiger partial charge in [0.15, 0.2) is 5.66 Å². The molecule has 0 saturated carbocycles. The summed E-state index contributed by atoms with van der Waals surface area (Å²) in [6.45, 7) is 0. The van der Waals surface area contributed by atoms with Crippen LogP contribution in [-0.4, -0.2) is 28.3 Å². The Morgan fingerprint density at radius 2 is 1.96 bits per heavy atom. The number of hydrogen-bond donors (Lipinski definition) is 2. The Hall–Kier alpha value is -2.04. The van der Waals surface area contributed by atoms with Crippen LogP contribution in [0.2, 0.25) is 5.02 Å². The summed E-state index contributed by atoms with van der Waals surface area (Å²) in [4.78, 5) is 15.9. The Morgan fingerprint density at radius 3 is 2.61 bits per heavy atom. The molecule has 0 aliphatic carbocycles. The van der Waals surface area contributed by atoms with Crippen molar-refractivity contribution in [3.63, 3.8) is 0 Å². The molecule has 3 rings (SSSR count). The quantitative estimate of drug-likeness (QED) is 0.820. The second-order valence-corrected chi connectivity index (χ2v) is 6.08. The molecular formula is C17H14Cl2N2O2. The average molecular weight is 349 g/mol. The lowest BCUT2D eigenvalue weighted by Gasteiger charge is -2.35. The van der Waals surface area contributed by atoms with Crippen LogP contribution in [-0.2, 0) is 4.79 Å². The van der Waals surface area contributed by atoms with Gasteiger partial charge < -0.3 is 10.4 Å². The van der Waals surface area contributed by atoms with E-state index in [1.165, 1.54) is 0 Å². The topological polar surface area (TPSA) is 61.7 Å². The number of hydrogen-bond acceptors (Lipinski definition) is 3. The van der Waals surface area contributed by atoms with Crippen molar-refractivity contribution in [1.82, 2.24) is 0 Å². The first-order valence-electron chi connectivity index (χ1n) is 7.04. The van der Waals surface area contributed by atoms with E-state index < -0.39 is 11.6 Å². The summed E-state index contributed by atoms with van der Waals surface area (Å²) in [5.74, 6) is -0.927. The lowest BCUT2D eigenvalue weighted by Crippen LogP contribution is -2.44. The highest BCUT2D eigenvalue weighted by Crippen LogP contribution is 2.34. The third kappa shape index (κ3) is 3.19. The summed E-state index contributed by atoms with van der Waals surface area (Å²) >= 11 is 12.2. The molecule has 4 nitrogen and oxygen atoms in total. The van der Waals surface area contributed by atoms with Crippen LogP contribution in [0.3, 0.4) is 0 Å². The summed E-state index contributed by atoms with van der Waals surface area (Å²) in [5, 5.41) is 13.0. The average Bonchev–Trinajstić information content (AvgIpc) is 2.55. The zero-order chi connectivity index (χ0) is 16.4. The molecular weight excluding hydrogens is 335 g/mol. The SMILES string of the molecule is O=C(O)CC1(CCl)N=C(c2ccccc2)c2cc(Cl)ccc2N1. The first kappa shape index (κ1) is 15.8. The fourth-order valence-corrected chi connectivity index (χ4v) is 3.03. The molecule has 0 bridgehead atoms. The molecule has 0 spiro atoms. The predicted molar refractivity (Wildman–Crippen MR) is 92.9 cm³/mol. The van der Waals surface area contributed by atoms with Crippen LogP contribution in [0.5, 0.6) is 0 Å². The Balaban J connectivity index is 2.19. The molecule has 1 aliphatic heterocycles. The number of fused-ring (bicyclic) bond motifs is 1. The van der Waals surface area contributed by atoms with Crippen LogP contribution in [0.4, 0.5) is 5.69 Å². The minimum atomic E-state index is -1.08. The first-order valence-corrected chi connectivity index (χ1v) is 7.95. The number of nitrogens with one attached hydrogen (secondary N) is 1. The summed E-state index contributed by atoms with van der Waals surface area (Å²) < 4.78 is 0. The van der Waals surface area contributed by atoms with Gasteiger partial charge >= 0.3 is 5.97 Å². The Bertz CT molecular complexity index is 777. The lowest BCUT2D eigenvalue weighted by atomic mass is 9.95. The second-order valence-electron chi connectivity index (χ2n) is 5.38. The zero-order valence-corrected chi connectivity index (χ0v) is 13.6. The molecule has 0 radical (unpaired) electrons. The largest absolute Gasteiger partial charge is 0.481 e. The van der Waals surface area contributed by atoms with E-state index in [1.807, 2.05) is 42.5 Å². The smallest absolute Gasteiger partial charge is 0.307 e. The lowest BCUT2D eigenvalue weighted by molar-refractivity contribution is -0.137. The maximum absolute atomic E-state index is 11.3. The summed E-state index contributed by atoms with van der Waals surface area (Å²) in [6, 6.07) is 15.0. The summed E-state index contributed by atoms with van der Waals surface area (Å²) in [6.07, 6.45) is -0.213. The normalized spacial score (nSPS) is 19.5. The summed E-state index contributed by atoms with van der Waals surface area (Å²) in [5.41, 5.74) is 2.08. The number of aliphatic carboxylic acids is 1. The molecule has 1 atom stereocenters. The summed E-state index contributed by atoms with van der Waals surface area (Å²) in [7, 11) is 0. The van der Waals surface area contributed by atoms with E-state index in [0.29, 0.717) is 10.7 Å². The molecule has 2 aromatic carbocycles. The maximum atomic E-state index is 11.3. The monoisotopic (exact) mass is 348 g/mol. The van der Waals surface area contributed by atoms with Gasteiger partial charge in [0.25, 0.3) is 0 Å². The highest BCUT2D eigenvalue weighted by atomic mass is 35.5. The van der Waals surface area contributed by atoms with Crippen LogP contribution in [0.15, 0.2) is 53.5 Å². The molecule has 6 heteroatoms. The number of rotatable bonds is 4. The number of nitrogens with zero attached hydrogens (tertiary/aromatic N) is 1. The van der Waals surface area contributed by atoms with Crippen molar-refractivity contribution in [1.29, 1.82) is 0 Å². The van der Waals surface area contributed by atoms with E-state index in [4.69, 9.17) is 23.2 Å². The van der Waals surface area contributed by atoms with Crippen molar-refractivity contribution < 1.29 is 9.90 Å². The fraction of sp³-hybridized carbons (Fsp3) is 0.176. The minimum absolute atomic E-state index is 0.0394. The van der Waals surface area contributed by atoms with Gasteiger partial charge in [0.1, 0.15) is 0 Å². The van der Waals surface area contributed by atoms with Gasteiger partial charge in [-0.05, 0) is 18.2 Å². The molecule has 0 aromatic heterocycles. The number of anilines is 1. The second kappa shape index (κ2) is 6.22. The molecule has 1 aliphatic rings. The van der Waals surface area contributed by atoms with Crippen molar-refractivity contribution in [3.8, 4) is 0 Å². The predicted octanol–water partition coefficient (Wildman–Crippen LogP) is 4.01. The van der Waals surface area contributed by atoms with Gasteiger partial charge in [0, 0.05) is 21.8 Å². The number of alkyl halides is 1. The van der Waals surface area contributed by atoms with E-state index in [2.05, 4.69) is 10.3 Å².